The third kappa shape index (κ3) is 4.71. The Balaban J connectivity index is 1.75. The van der Waals surface area contributed by atoms with Crippen LogP contribution in [0.2, 0.25) is 0 Å². The Kier molecular flexibility index (Phi) is 5.74. The van der Waals surface area contributed by atoms with Gasteiger partial charge in [-0.25, -0.2) is 0 Å². The number of benzene rings is 1. The van der Waals surface area contributed by atoms with E-state index in [2.05, 4.69) is 15.5 Å². The summed E-state index contributed by atoms with van der Waals surface area (Å²) in [7, 11) is 0. The molecule has 0 saturated carbocycles. The van der Waals surface area contributed by atoms with E-state index in [9.17, 15) is 14.7 Å². The first kappa shape index (κ1) is 16.3. The van der Waals surface area contributed by atoms with Crippen LogP contribution < -0.4 is 10.6 Å². The van der Waals surface area contributed by atoms with Crippen LogP contribution in [-0.4, -0.2) is 61.2 Å². The number of hydrogen-bond donors (Lipinski definition) is 3. The Hall–Kier alpha value is -2.12. The highest BCUT2D eigenvalue weighted by atomic mass is 16.5. The number of aromatic hydroxyl groups is 1. The van der Waals surface area contributed by atoms with Crippen LogP contribution in [0.4, 0.5) is 5.69 Å². The number of phenolic OH excluding ortho intramolecular Hbond substituents is 1. The summed E-state index contributed by atoms with van der Waals surface area (Å²) in [5, 5.41) is 14.4. The first-order chi connectivity index (χ1) is 10.6. The Bertz CT molecular complexity index is 542. The number of phenols is 1. The van der Waals surface area contributed by atoms with Crippen molar-refractivity contribution in [2.75, 3.05) is 44.7 Å². The van der Waals surface area contributed by atoms with Gasteiger partial charge in [0.25, 0.3) is 0 Å². The maximum atomic E-state index is 11.8. The van der Waals surface area contributed by atoms with Gasteiger partial charge >= 0.3 is 11.8 Å². The van der Waals surface area contributed by atoms with Crippen LogP contribution in [0.3, 0.4) is 0 Å². The summed E-state index contributed by atoms with van der Waals surface area (Å²) in [6, 6.07) is 4.54. The predicted molar refractivity (Wildman–Crippen MR) is 81.7 cm³/mol. The van der Waals surface area contributed by atoms with E-state index >= 15 is 0 Å². The zero-order chi connectivity index (χ0) is 15.9. The number of hydrogen-bond acceptors (Lipinski definition) is 5. The van der Waals surface area contributed by atoms with E-state index in [4.69, 9.17) is 4.74 Å². The third-order valence-corrected chi connectivity index (χ3v) is 3.48. The van der Waals surface area contributed by atoms with Gasteiger partial charge in [0.05, 0.1) is 13.2 Å². The zero-order valence-corrected chi connectivity index (χ0v) is 12.6. The highest BCUT2D eigenvalue weighted by Gasteiger charge is 2.15. The number of morpholine rings is 1. The van der Waals surface area contributed by atoms with Crippen LogP contribution in [0.1, 0.15) is 5.56 Å². The Labute approximate surface area is 129 Å². The Morgan fingerprint density at radius 1 is 1.27 bits per heavy atom. The van der Waals surface area contributed by atoms with Gasteiger partial charge in [0, 0.05) is 31.9 Å². The van der Waals surface area contributed by atoms with Gasteiger partial charge < -0.3 is 20.5 Å². The maximum absolute atomic E-state index is 11.8. The lowest BCUT2D eigenvalue weighted by Gasteiger charge is -2.26. The molecule has 22 heavy (non-hydrogen) atoms. The van der Waals surface area contributed by atoms with Crippen LogP contribution in [0.5, 0.6) is 5.75 Å². The first-order valence-corrected chi connectivity index (χ1v) is 7.25. The summed E-state index contributed by atoms with van der Waals surface area (Å²) < 4.78 is 5.24. The second-order valence-corrected chi connectivity index (χ2v) is 5.16. The highest BCUT2D eigenvalue weighted by Crippen LogP contribution is 2.19. The minimum atomic E-state index is -0.712. The quantitative estimate of drug-likeness (QED) is 0.542. The van der Waals surface area contributed by atoms with Crippen LogP contribution in [0, 0.1) is 6.92 Å². The van der Waals surface area contributed by atoms with Gasteiger partial charge in [0.1, 0.15) is 5.75 Å². The van der Waals surface area contributed by atoms with Gasteiger partial charge in [0.2, 0.25) is 0 Å². The molecule has 1 saturated heterocycles. The molecule has 0 aromatic heterocycles. The molecule has 0 spiro atoms. The van der Waals surface area contributed by atoms with Crippen LogP contribution in [0.15, 0.2) is 18.2 Å². The molecular formula is C15H21N3O4. The molecule has 1 aliphatic rings. The molecule has 7 nitrogen and oxygen atoms in total. The van der Waals surface area contributed by atoms with Gasteiger partial charge in [-0.2, -0.15) is 0 Å². The molecular weight excluding hydrogens is 286 g/mol. The second kappa shape index (κ2) is 7.77. The van der Waals surface area contributed by atoms with Gasteiger partial charge in [0.15, 0.2) is 0 Å². The molecule has 0 radical (unpaired) electrons. The van der Waals surface area contributed by atoms with Crippen molar-refractivity contribution < 1.29 is 19.4 Å². The number of carbonyl (C=O) groups is 2. The smallest absolute Gasteiger partial charge is 0.313 e. The molecule has 1 heterocycles. The van der Waals surface area contributed by atoms with Crippen molar-refractivity contribution in [1.29, 1.82) is 0 Å². The molecule has 1 aliphatic heterocycles. The fourth-order valence-corrected chi connectivity index (χ4v) is 2.20. The number of anilines is 1. The number of nitrogens with zero attached hydrogens (tertiary/aromatic N) is 1. The van der Waals surface area contributed by atoms with Crippen molar-refractivity contribution in [3.63, 3.8) is 0 Å². The van der Waals surface area contributed by atoms with Gasteiger partial charge in [-0.3, -0.25) is 14.5 Å². The van der Waals surface area contributed by atoms with Gasteiger partial charge in [-0.05, 0) is 30.7 Å². The summed E-state index contributed by atoms with van der Waals surface area (Å²) in [6.45, 7) is 5.94. The van der Waals surface area contributed by atoms with Crippen LogP contribution in [0.25, 0.3) is 0 Å². The lowest BCUT2D eigenvalue weighted by atomic mass is 10.2. The molecule has 3 N–H and O–H groups in total. The summed E-state index contributed by atoms with van der Waals surface area (Å²) in [4.78, 5) is 25.7. The summed E-state index contributed by atoms with van der Waals surface area (Å²) >= 11 is 0. The zero-order valence-electron chi connectivity index (χ0n) is 12.6. The molecule has 2 amide bonds. The number of carbonyl (C=O) groups excluding carboxylic acids is 2. The summed E-state index contributed by atoms with van der Waals surface area (Å²) in [6.07, 6.45) is 0. The molecule has 0 bridgehead atoms. The van der Waals surface area contributed by atoms with Crippen molar-refractivity contribution in [1.82, 2.24) is 10.2 Å². The average molecular weight is 307 g/mol. The number of aryl methyl sites for hydroxylation is 1. The maximum Gasteiger partial charge on any atom is 0.313 e. The lowest BCUT2D eigenvalue weighted by molar-refractivity contribution is -0.136. The van der Waals surface area contributed by atoms with Crippen molar-refractivity contribution in [3.05, 3.63) is 23.8 Å². The first-order valence-electron chi connectivity index (χ1n) is 7.25. The molecule has 1 aromatic rings. The van der Waals surface area contributed by atoms with E-state index in [1.54, 1.807) is 13.0 Å². The molecule has 0 unspecified atom stereocenters. The second-order valence-electron chi connectivity index (χ2n) is 5.16. The van der Waals surface area contributed by atoms with Crippen molar-refractivity contribution in [2.45, 2.75) is 6.92 Å². The Morgan fingerprint density at radius 2 is 2.00 bits per heavy atom. The van der Waals surface area contributed by atoms with E-state index in [1.165, 1.54) is 12.1 Å². The minimum absolute atomic E-state index is 0.116. The van der Waals surface area contributed by atoms with Crippen LogP contribution >= 0.6 is 0 Å². The standard InChI is InChI=1S/C15H21N3O4/c1-11-10-12(19)2-3-13(11)17-15(21)14(20)16-4-5-18-6-8-22-9-7-18/h2-3,10,19H,4-9H2,1H3,(H,16,20)(H,17,21). The topological polar surface area (TPSA) is 90.9 Å². The third-order valence-electron chi connectivity index (χ3n) is 3.48. The number of amides is 2. The average Bonchev–Trinajstić information content (AvgIpc) is 2.51. The van der Waals surface area contributed by atoms with E-state index in [1.807, 2.05) is 0 Å². The van der Waals surface area contributed by atoms with Crippen molar-refractivity contribution in [2.24, 2.45) is 0 Å². The highest BCUT2D eigenvalue weighted by molar-refractivity contribution is 6.39. The number of nitrogens with one attached hydrogen (secondary N) is 2. The monoisotopic (exact) mass is 307 g/mol. The molecule has 0 atom stereocenters. The summed E-state index contributed by atoms with van der Waals surface area (Å²) in [5.74, 6) is -1.26. The van der Waals surface area contributed by atoms with Crippen molar-refractivity contribution in [3.8, 4) is 5.75 Å². The van der Waals surface area contributed by atoms with E-state index in [0.29, 0.717) is 37.6 Å². The van der Waals surface area contributed by atoms with E-state index < -0.39 is 11.8 Å². The molecule has 1 aromatic carbocycles. The lowest BCUT2D eigenvalue weighted by Crippen LogP contribution is -2.43. The molecule has 120 valence electrons. The normalized spacial score (nSPS) is 15.3. The van der Waals surface area contributed by atoms with E-state index in [0.717, 1.165) is 13.1 Å². The minimum Gasteiger partial charge on any atom is -0.508 e. The Morgan fingerprint density at radius 3 is 2.68 bits per heavy atom. The molecule has 0 aliphatic carbocycles. The number of ether oxygens (including phenoxy) is 1. The van der Waals surface area contributed by atoms with E-state index in [-0.39, 0.29) is 5.75 Å². The fourth-order valence-electron chi connectivity index (χ4n) is 2.20. The largest absolute Gasteiger partial charge is 0.508 e. The molecule has 2 rings (SSSR count). The molecule has 7 heteroatoms. The van der Waals surface area contributed by atoms with Crippen molar-refractivity contribution >= 4 is 17.5 Å². The van der Waals surface area contributed by atoms with Gasteiger partial charge in [-0.15, -0.1) is 0 Å². The van der Waals surface area contributed by atoms with Gasteiger partial charge in [-0.1, -0.05) is 0 Å². The number of rotatable bonds is 4. The van der Waals surface area contributed by atoms with Crippen LogP contribution in [-0.2, 0) is 14.3 Å². The predicted octanol–water partition coefficient (Wildman–Crippen LogP) is 0.0875. The fraction of sp³-hybridized carbons (Fsp3) is 0.467. The SMILES string of the molecule is Cc1cc(O)ccc1NC(=O)C(=O)NCCN1CCOCC1. The summed E-state index contributed by atoms with van der Waals surface area (Å²) in [5.41, 5.74) is 1.19. The molecule has 1 fully saturated rings.